The van der Waals surface area contributed by atoms with Gasteiger partial charge in [-0.2, -0.15) is 0 Å². The maximum Gasteiger partial charge on any atom is 0.266 e. The second-order valence-corrected chi connectivity index (χ2v) is 4.16. The van der Waals surface area contributed by atoms with Crippen molar-refractivity contribution in [2.24, 2.45) is 19.8 Å². The third-order valence-corrected chi connectivity index (χ3v) is 3.36. The Labute approximate surface area is 83.3 Å². The monoisotopic (exact) mass is 195 g/mol. The highest BCUT2D eigenvalue weighted by Crippen LogP contribution is 2.32. The van der Waals surface area contributed by atoms with E-state index in [1.54, 1.807) is 17.8 Å². The first-order chi connectivity index (χ1) is 6.61. The summed E-state index contributed by atoms with van der Waals surface area (Å²) in [4.78, 5) is 11.4. The number of nitrogens with zero attached hydrogens (tertiary/aromatic N) is 2. The smallest absolute Gasteiger partial charge is 0.266 e. The van der Waals surface area contributed by atoms with E-state index < -0.39 is 0 Å². The molecule has 1 aromatic heterocycles. The molecule has 0 aromatic carbocycles. The predicted octanol–water partition coefficient (Wildman–Crippen LogP) is 0.319. The molecule has 1 saturated carbocycles. The molecule has 0 saturated heterocycles. The van der Waals surface area contributed by atoms with Crippen LogP contribution in [0.2, 0.25) is 0 Å². The molecule has 1 fully saturated rings. The third-order valence-electron chi connectivity index (χ3n) is 3.36. The second-order valence-electron chi connectivity index (χ2n) is 4.16. The fourth-order valence-electron chi connectivity index (χ4n) is 2.34. The Morgan fingerprint density at radius 2 is 2.07 bits per heavy atom. The normalized spacial score (nSPS) is 27.1. The van der Waals surface area contributed by atoms with Crippen molar-refractivity contribution in [1.82, 2.24) is 9.36 Å². The van der Waals surface area contributed by atoms with Crippen LogP contribution in [0.5, 0.6) is 0 Å². The van der Waals surface area contributed by atoms with E-state index in [0.29, 0.717) is 5.92 Å². The Morgan fingerprint density at radius 3 is 2.50 bits per heavy atom. The van der Waals surface area contributed by atoms with Crippen molar-refractivity contribution >= 4 is 0 Å². The maximum absolute atomic E-state index is 11.4. The fraction of sp³-hybridized carbons (Fsp3) is 0.700. The Hall–Kier alpha value is -1.03. The van der Waals surface area contributed by atoms with Crippen LogP contribution in [0, 0.1) is 0 Å². The summed E-state index contributed by atoms with van der Waals surface area (Å²) in [5.41, 5.74) is 7.16. The Kier molecular flexibility index (Phi) is 2.23. The van der Waals surface area contributed by atoms with E-state index in [2.05, 4.69) is 0 Å². The number of rotatable bonds is 1. The van der Waals surface area contributed by atoms with Crippen molar-refractivity contribution in [3.05, 3.63) is 22.1 Å². The van der Waals surface area contributed by atoms with Crippen molar-refractivity contribution in [2.75, 3.05) is 0 Å². The highest BCUT2D eigenvalue weighted by atomic mass is 16.1. The second kappa shape index (κ2) is 3.28. The lowest BCUT2D eigenvalue weighted by atomic mass is 10.0. The summed E-state index contributed by atoms with van der Waals surface area (Å²) < 4.78 is 3.54. The molecule has 2 atom stereocenters. The molecule has 4 nitrogen and oxygen atoms in total. The first kappa shape index (κ1) is 9.52. The van der Waals surface area contributed by atoms with Crippen LogP contribution in [0.1, 0.15) is 30.9 Å². The van der Waals surface area contributed by atoms with E-state index in [0.717, 1.165) is 18.5 Å². The van der Waals surface area contributed by atoms with Crippen molar-refractivity contribution in [2.45, 2.75) is 31.2 Å². The SMILES string of the molecule is Cn1c(C2CCCC2N)cc(=O)n1C. The first-order valence-corrected chi connectivity index (χ1v) is 5.09. The topological polar surface area (TPSA) is 52.9 Å². The van der Waals surface area contributed by atoms with Crippen LogP contribution in [0.3, 0.4) is 0 Å². The van der Waals surface area contributed by atoms with E-state index >= 15 is 0 Å². The largest absolute Gasteiger partial charge is 0.327 e. The maximum atomic E-state index is 11.4. The van der Waals surface area contributed by atoms with Gasteiger partial charge in [-0.3, -0.25) is 14.2 Å². The standard InChI is InChI=1S/C10H17N3O/c1-12-9(6-10(14)13(12)2)7-4-3-5-8(7)11/h6-8H,3-5,11H2,1-2H3. The van der Waals surface area contributed by atoms with Gasteiger partial charge in [0.05, 0.1) is 0 Å². The number of hydrogen-bond acceptors (Lipinski definition) is 2. The Bertz CT molecular complexity index is 391. The summed E-state index contributed by atoms with van der Waals surface area (Å²) in [5, 5.41) is 0. The van der Waals surface area contributed by atoms with Gasteiger partial charge in [0.2, 0.25) is 0 Å². The minimum absolute atomic E-state index is 0.0570. The van der Waals surface area contributed by atoms with Crippen LogP contribution < -0.4 is 11.3 Å². The summed E-state index contributed by atoms with van der Waals surface area (Å²) in [6, 6.07) is 1.94. The van der Waals surface area contributed by atoms with Crippen molar-refractivity contribution in [1.29, 1.82) is 0 Å². The molecule has 2 N–H and O–H groups in total. The highest BCUT2D eigenvalue weighted by molar-refractivity contribution is 5.13. The quantitative estimate of drug-likeness (QED) is 0.701. The number of aromatic nitrogens is 2. The minimum Gasteiger partial charge on any atom is -0.327 e. The summed E-state index contributed by atoms with van der Waals surface area (Å²) >= 11 is 0. The fourth-order valence-corrected chi connectivity index (χ4v) is 2.34. The van der Waals surface area contributed by atoms with Crippen LogP contribution in [0.25, 0.3) is 0 Å². The van der Waals surface area contributed by atoms with Crippen LogP contribution in [0.4, 0.5) is 0 Å². The molecule has 4 heteroatoms. The van der Waals surface area contributed by atoms with Gasteiger partial charge in [-0.05, 0) is 12.8 Å². The van der Waals surface area contributed by atoms with Crippen LogP contribution in [0.15, 0.2) is 10.9 Å². The molecule has 2 rings (SSSR count). The zero-order valence-electron chi connectivity index (χ0n) is 8.73. The van der Waals surface area contributed by atoms with Gasteiger partial charge in [0.15, 0.2) is 0 Å². The number of nitrogens with two attached hydrogens (primary N) is 1. The van der Waals surface area contributed by atoms with Gasteiger partial charge in [-0.1, -0.05) is 6.42 Å². The Balaban J connectivity index is 2.41. The van der Waals surface area contributed by atoms with Crippen LogP contribution >= 0.6 is 0 Å². The van der Waals surface area contributed by atoms with E-state index in [-0.39, 0.29) is 11.6 Å². The van der Waals surface area contributed by atoms with E-state index in [9.17, 15) is 4.79 Å². The van der Waals surface area contributed by atoms with Gasteiger partial charge in [-0.15, -0.1) is 0 Å². The summed E-state index contributed by atoms with van der Waals surface area (Å²) in [7, 11) is 3.70. The lowest BCUT2D eigenvalue weighted by molar-refractivity contribution is 0.505. The molecule has 78 valence electrons. The van der Waals surface area contributed by atoms with Crippen molar-refractivity contribution < 1.29 is 0 Å². The molecule has 14 heavy (non-hydrogen) atoms. The van der Waals surface area contributed by atoms with Crippen molar-refractivity contribution in [3.63, 3.8) is 0 Å². The van der Waals surface area contributed by atoms with Gasteiger partial charge in [0, 0.05) is 37.8 Å². The zero-order chi connectivity index (χ0) is 10.3. The molecular formula is C10H17N3O. The zero-order valence-corrected chi connectivity index (χ0v) is 8.73. The molecule has 0 amide bonds. The van der Waals surface area contributed by atoms with Gasteiger partial charge >= 0.3 is 0 Å². The average molecular weight is 195 g/mol. The van der Waals surface area contributed by atoms with E-state index in [1.165, 1.54) is 6.42 Å². The molecule has 2 unspecified atom stereocenters. The molecule has 1 aromatic rings. The molecular weight excluding hydrogens is 178 g/mol. The summed E-state index contributed by atoms with van der Waals surface area (Å²) in [6.45, 7) is 0. The van der Waals surface area contributed by atoms with Crippen molar-refractivity contribution in [3.8, 4) is 0 Å². The molecule has 1 aliphatic carbocycles. The lowest BCUT2D eigenvalue weighted by Gasteiger charge is -2.16. The molecule has 1 heterocycles. The highest BCUT2D eigenvalue weighted by Gasteiger charge is 2.28. The van der Waals surface area contributed by atoms with Crippen LogP contribution in [-0.2, 0) is 14.1 Å². The predicted molar refractivity (Wildman–Crippen MR) is 55.2 cm³/mol. The third kappa shape index (κ3) is 1.30. The molecule has 0 aliphatic heterocycles. The van der Waals surface area contributed by atoms with E-state index in [4.69, 9.17) is 5.73 Å². The molecule has 0 spiro atoms. The molecule has 1 aliphatic rings. The summed E-state index contributed by atoms with van der Waals surface area (Å²) in [5.74, 6) is 0.369. The van der Waals surface area contributed by atoms with Gasteiger partial charge in [-0.25, -0.2) is 0 Å². The van der Waals surface area contributed by atoms with Gasteiger partial charge in [0.1, 0.15) is 0 Å². The molecule has 0 radical (unpaired) electrons. The average Bonchev–Trinajstić information content (AvgIpc) is 2.66. The Morgan fingerprint density at radius 1 is 1.36 bits per heavy atom. The summed E-state index contributed by atoms with van der Waals surface area (Å²) in [6.07, 6.45) is 3.36. The number of hydrogen-bond donors (Lipinski definition) is 1. The molecule has 0 bridgehead atoms. The van der Waals surface area contributed by atoms with Gasteiger partial charge in [0.25, 0.3) is 5.56 Å². The van der Waals surface area contributed by atoms with Gasteiger partial charge < -0.3 is 5.73 Å². The lowest BCUT2D eigenvalue weighted by Crippen LogP contribution is -2.25. The first-order valence-electron chi connectivity index (χ1n) is 5.09. The van der Waals surface area contributed by atoms with Crippen LogP contribution in [-0.4, -0.2) is 15.4 Å². The van der Waals surface area contributed by atoms with E-state index in [1.807, 2.05) is 11.7 Å². The minimum atomic E-state index is 0.0570.